The van der Waals surface area contributed by atoms with Gasteiger partial charge in [-0.1, -0.05) is 42.5 Å². The second kappa shape index (κ2) is 9.61. The predicted octanol–water partition coefficient (Wildman–Crippen LogP) is 3.09. The number of anilines is 1. The number of para-hydroxylation sites is 1. The third-order valence-electron chi connectivity index (χ3n) is 6.09. The molecular formula is C26H23N7O4. The van der Waals surface area contributed by atoms with Gasteiger partial charge in [-0.25, -0.2) is 14.8 Å². The van der Waals surface area contributed by atoms with Crippen molar-refractivity contribution < 1.29 is 18.7 Å². The van der Waals surface area contributed by atoms with E-state index >= 15 is 0 Å². The topological polar surface area (TPSA) is 127 Å². The summed E-state index contributed by atoms with van der Waals surface area (Å²) in [6, 6.07) is 19.7. The molecule has 0 unspecified atom stereocenters. The lowest BCUT2D eigenvalue weighted by Crippen LogP contribution is -2.44. The summed E-state index contributed by atoms with van der Waals surface area (Å²) in [6.45, 7) is 0.875. The predicted molar refractivity (Wildman–Crippen MR) is 135 cm³/mol. The molecule has 0 radical (unpaired) electrons. The maximum Gasteiger partial charge on any atom is 0.410 e. The SMILES string of the molecule is O=C1NCCN(C(=O)OCc2ccccc2)C[C@H]1Nc1nc2ccccc2c2nc(-c3ccco3)nn12. The van der Waals surface area contributed by atoms with E-state index in [1.807, 2.05) is 54.6 Å². The molecule has 1 aliphatic heterocycles. The van der Waals surface area contributed by atoms with Crippen LogP contribution >= 0.6 is 0 Å². The van der Waals surface area contributed by atoms with E-state index in [4.69, 9.17) is 14.1 Å². The van der Waals surface area contributed by atoms with Crippen LogP contribution in [-0.2, 0) is 16.1 Å². The molecule has 2 aromatic carbocycles. The van der Waals surface area contributed by atoms with Gasteiger partial charge in [0.15, 0.2) is 11.4 Å². The Hall–Kier alpha value is -4.93. The van der Waals surface area contributed by atoms with Crippen LogP contribution in [0.15, 0.2) is 77.4 Å². The highest BCUT2D eigenvalue weighted by atomic mass is 16.6. The van der Waals surface area contributed by atoms with E-state index in [9.17, 15) is 9.59 Å². The number of carbonyl (C=O) groups is 2. The molecule has 186 valence electrons. The van der Waals surface area contributed by atoms with Gasteiger partial charge in [-0.3, -0.25) is 4.79 Å². The normalized spacial score (nSPS) is 15.9. The number of aromatic nitrogens is 4. The Morgan fingerprint density at radius 2 is 1.92 bits per heavy atom. The molecule has 1 aliphatic rings. The molecule has 1 saturated heterocycles. The maximum absolute atomic E-state index is 12.9. The first-order chi connectivity index (χ1) is 18.2. The van der Waals surface area contributed by atoms with Gasteiger partial charge in [-0.2, -0.15) is 4.52 Å². The van der Waals surface area contributed by atoms with E-state index in [0.29, 0.717) is 41.8 Å². The van der Waals surface area contributed by atoms with Gasteiger partial charge in [0.05, 0.1) is 18.3 Å². The second-order valence-electron chi connectivity index (χ2n) is 8.57. The number of carbonyl (C=O) groups excluding carboxylic acids is 2. The van der Waals surface area contributed by atoms with Gasteiger partial charge in [-0.15, -0.1) is 5.10 Å². The molecule has 11 heteroatoms. The average Bonchev–Trinajstić information content (AvgIpc) is 3.58. The van der Waals surface area contributed by atoms with Crippen LogP contribution in [0.25, 0.3) is 28.1 Å². The van der Waals surface area contributed by atoms with Crippen LogP contribution in [0, 0.1) is 0 Å². The number of benzene rings is 2. The van der Waals surface area contributed by atoms with Crippen LogP contribution in [0.5, 0.6) is 0 Å². The zero-order chi connectivity index (χ0) is 25.2. The molecule has 11 nitrogen and oxygen atoms in total. The van der Waals surface area contributed by atoms with Gasteiger partial charge in [0.2, 0.25) is 17.7 Å². The van der Waals surface area contributed by atoms with Crippen molar-refractivity contribution >= 4 is 34.5 Å². The fourth-order valence-electron chi connectivity index (χ4n) is 4.23. The van der Waals surface area contributed by atoms with Crippen molar-refractivity contribution in [3.63, 3.8) is 0 Å². The van der Waals surface area contributed by atoms with Crippen molar-refractivity contribution in [2.24, 2.45) is 0 Å². The number of furan rings is 1. The lowest BCUT2D eigenvalue weighted by molar-refractivity contribution is -0.121. The molecular weight excluding hydrogens is 474 g/mol. The molecule has 3 aromatic heterocycles. The fourth-order valence-corrected chi connectivity index (χ4v) is 4.23. The number of hydrogen-bond donors (Lipinski definition) is 2. The van der Waals surface area contributed by atoms with E-state index in [1.165, 1.54) is 4.90 Å². The highest BCUT2D eigenvalue weighted by Gasteiger charge is 2.30. The van der Waals surface area contributed by atoms with Gasteiger partial charge >= 0.3 is 6.09 Å². The molecule has 2 amide bonds. The summed E-state index contributed by atoms with van der Waals surface area (Å²) >= 11 is 0. The summed E-state index contributed by atoms with van der Waals surface area (Å²) in [5, 5.41) is 11.4. The molecule has 37 heavy (non-hydrogen) atoms. The molecule has 0 bridgehead atoms. The average molecular weight is 498 g/mol. The quantitative estimate of drug-likeness (QED) is 0.379. The van der Waals surface area contributed by atoms with Crippen LogP contribution in [0.2, 0.25) is 0 Å². The van der Waals surface area contributed by atoms with Gasteiger partial charge in [-0.05, 0) is 29.8 Å². The zero-order valence-electron chi connectivity index (χ0n) is 19.7. The van der Waals surface area contributed by atoms with Gasteiger partial charge in [0, 0.05) is 18.5 Å². The molecule has 1 atom stereocenters. The Morgan fingerprint density at radius 1 is 1.08 bits per heavy atom. The fraction of sp³-hybridized carbons (Fsp3) is 0.192. The van der Waals surface area contributed by atoms with Crippen molar-refractivity contribution in [2.75, 3.05) is 25.0 Å². The molecule has 0 spiro atoms. The smallest absolute Gasteiger partial charge is 0.410 e. The van der Waals surface area contributed by atoms with Crippen molar-refractivity contribution in [2.45, 2.75) is 12.6 Å². The summed E-state index contributed by atoms with van der Waals surface area (Å²) in [7, 11) is 0. The first kappa shape index (κ1) is 22.5. The number of ether oxygens (including phenoxy) is 1. The van der Waals surface area contributed by atoms with Crippen molar-refractivity contribution in [1.29, 1.82) is 0 Å². The number of nitrogens with one attached hydrogen (secondary N) is 2. The summed E-state index contributed by atoms with van der Waals surface area (Å²) in [5.74, 6) is 0.965. The standard InChI is InChI=1S/C26H23N7O4/c34-24-20(15-32(13-12-27-24)26(35)37-16-17-7-2-1-3-8-17)29-25-28-19-10-5-4-9-18(19)23-30-22(31-33(23)25)21-11-6-14-36-21/h1-11,14,20H,12-13,15-16H2,(H,27,34)(H,28,29)/t20-/m1/s1. The van der Waals surface area contributed by atoms with E-state index in [2.05, 4.69) is 20.7 Å². The summed E-state index contributed by atoms with van der Waals surface area (Å²) in [6.07, 6.45) is 1.06. The monoisotopic (exact) mass is 497 g/mol. The number of amides is 2. The third kappa shape index (κ3) is 4.54. The first-order valence-electron chi connectivity index (χ1n) is 11.8. The Labute approximate surface area is 211 Å². The van der Waals surface area contributed by atoms with Crippen LogP contribution < -0.4 is 10.6 Å². The van der Waals surface area contributed by atoms with Crippen LogP contribution in [0.3, 0.4) is 0 Å². The maximum atomic E-state index is 12.9. The molecule has 5 aromatic rings. The molecule has 0 saturated carbocycles. The number of hydrogen-bond acceptors (Lipinski definition) is 8. The van der Waals surface area contributed by atoms with E-state index < -0.39 is 12.1 Å². The number of fused-ring (bicyclic) bond motifs is 3. The summed E-state index contributed by atoms with van der Waals surface area (Å²) < 4.78 is 12.5. The Kier molecular flexibility index (Phi) is 5.85. The third-order valence-corrected chi connectivity index (χ3v) is 6.09. The van der Waals surface area contributed by atoms with Crippen LogP contribution in [0.1, 0.15) is 5.56 Å². The van der Waals surface area contributed by atoms with Crippen molar-refractivity contribution in [3.8, 4) is 11.6 Å². The Bertz CT molecular complexity index is 1570. The molecule has 2 N–H and O–H groups in total. The van der Waals surface area contributed by atoms with Crippen molar-refractivity contribution in [3.05, 3.63) is 78.6 Å². The minimum atomic E-state index is -0.792. The number of rotatable bonds is 5. The lowest BCUT2D eigenvalue weighted by Gasteiger charge is -2.23. The number of nitrogens with zero attached hydrogens (tertiary/aromatic N) is 5. The zero-order valence-corrected chi connectivity index (χ0v) is 19.7. The highest BCUT2D eigenvalue weighted by molar-refractivity contribution is 5.93. The minimum Gasteiger partial charge on any atom is -0.461 e. The lowest BCUT2D eigenvalue weighted by atomic mass is 10.2. The largest absolute Gasteiger partial charge is 0.461 e. The van der Waals surface area contributed by atoms with Gasteiger partial charge in [0.25, 0.3) is 0 Å². The summed E-state index contributed by atoms with van der Waals surface area (Å²) in [4.78, 5) is 36.6. The first-order valence-corrected chi connectivity index (χ1v) is 11.8. The van der Waals surface area contributed by atoms with Gasteiger partial charge in [0.1, 0.15) is 12.6 Å². The van der Waals surface area contributed by atoms with E-state index in [1.54, 1.807) is 22.9 Å². The Balaban J connectivity index is 1.29. The molecule has 0 aliphatic carbocycles. The van der Waals surface area contributed by atoms with E-state index in [0.717, 1.165) is 10.9 Å². The van der Waals surface area contributed by atoms with Crippen molar-refractivity contribution in [1.82, 2.24) is 29.8 Å². The minimum absolute atomic E-state index is 0.0925. The van der Waals surface area contributed by atoms with Crippen LogP contribution in [0.4, 0.5) is 10.7 Å². The summed E-state index contributed by atoms with van der Waals surface area (Å²) in [5.41, 5.74) is 2.13. The van der Waals surface area contributed by atoms with Crippen LogP contribution in [-0.4, -0.2) is 62.2 Å². The molecule has 4 heterocycles. The molecule has 1 fully saturated rings. The second-order valence-corrected chi connectivity index (χ2v) is 8.57. The van der Waals surface area contributed by atoms with Gasteiger partial charge < -0.3 is 24.7 Å². The molecule has 6 rings (SSSR count). The van der Waals surface area contributed by atoms with E-state index in [-0.39, 0.29) is 19.1 Å². The highest BCUT2D eigenvalue weighted by Crippen LogP contribution is 2.25. The Morgan fingerprint density at radius 3 is 2.76 bits per heavy atom.